The van der Waals surface area contributed by atoms with Gasteiger partial charge in [0.25, 0.3) is 5.91 Å². The quantitative estimate of drug-likeness (QED) is 0.537. The van der Waals surface area contributed by atoms with Gasteiger partial charge in [0.15, 0.2) is 0 Å². The van der Waals surface area contributed by atoms with Crippen molar-refractivity contribution in [3.63, 3.8) is 0 Å². The van der Waals surface area contributed by atoms with Gasteiger partial charge in [-0.25, -0.2) is 9.97 Å². The first kappa shape index (κ1) is 18.5. The van der Waals surface area contributed by atoms with Crippen LogP contribution in [-0.4, -0.2) is 36.1 Å². The van der Waals surface area contributed by atoms with Crippen LogP contribution in [0.2, 0.25) is 5.15 Å². The smallest absolute Gasteiger partial charge is 0.252 e. The molecule has 128 valence electrons. The molecule has 0 spiro atoms. The Balaban J connectivity index is 1.79. The first-order valence-corrected chi connectivity index (χ1v) is 8.53. The number of halogens is 2. The lowest BCUT2D eigenvalue weighted by Gasteiger charge is -2.09. The topological polar surface area (TPSA) is 76.1 Å². The predicted molar refractivity (Wildman–Crippen MR) is 97.9 cm³/mol. The van der Waals surface area contributed by atoms with Crippen molar-refractivity contribution in [1.29, 1.82) is 0 Å². The molecule has 0 atom stereocenters. The average Bonchev–Trinajstić information content (AvgIpc) is 2.54. The van der Waals surface area contributed by atoms with Gasteiger partial charge in [-0.1, -0.05) is 11.6 Å². The Bertz CT molecular complexity index is 707. The van der Waals surface area contributed by atoms with Crippen LogP contribution in [0.4, 0.5) is 5.82 Å². The van der Waals surface area contributed by atoms with Gasteiger partial charge in [-0.15, -0.1) is 0 Å². The number of hydrogen-bond donors (Lipinski definition) is 2. The van der Waals surface area contributed by atoms with E-state index in [9.17, 15) is 4.79 Å². The number of carbonyl (C=O) groups is 1. The van der Waals surface area contributed by atoms with Crippen LogP contribution in [0.5, 0.6) is 5.75 Å². The summed E-state index contributed by atoms with van der Waals surface area (Å²) >= 11 is 9.25. The lowest BCUT2D eigenvalue weighted by atomic mass is 10.2. The standard InChI is InChI=1S/C16H18BrClN4O2/c1-10-21-14(18)9-15(22-10)19-6-3-7-20-16(23)12-8-11(24-2)4-5-13(12)17/h4-5,8-9H,3,6-7H2,1-2H3,(H,20,23)(H,19,21,22). The highest BCUT2D eigenvalue weighted by Gasteiger charge is 2.10. The van der Waals surface area contributed by atoms with Crippen LogP contribution in [0.3, 0.4) is 0 Å². The summed E-state index contributed by atoms with van der Waals surface area (Å²) in [5.41, 5.74) is 0.542. The zero-order chi connectivity index (χ0) is 17.5. The van der Waals surface area contributed by atoms with Gasteiger partial charge >= 0.3 is 0 Å². The summed E-state index contributed by atoms with van der Waals surface area (Å²) in [6.07, 6.45) is 0.744. The minimum atomic E-state index is -0.151. The van der Waals surface area contributed by atoms with Crippen LogP contribution in [0.15, 0.2) is 28.7 Å². The van der Waals surface area contributed by atoms with Crippen LogP contribution in [-0.2, 0) is 0 Å². The molecule has 1 aromatic heterocycles. The van der Waals surface area contributed by atoms with E-state index in [1.54, 1.807) is 38.3 Å². The number of hydrogen-bond acceptors (Lipinski definition) is 5. The van der Waals surface area contributed by atoms with Gasteiger partial charge in [-0.05, 0) is 47.5 Å². The summed E-state index contributed by atoms with van der Waals surface area (Å²) in [5, 5.41) is 6.43. The zero-order valence-corrected chi connectivity index (χ0v) is 15.7. The van der Waals surface area contributed by atoms with E-state index in [-0.39, 0.29) is 5.91 Å². The maximum atomic E-state index is 12.2. The summed E-state index contributed by atoms with van der Waals surface area (Å²) in [7, 11) is 1.57. The van der Waals surface area contributed by atoms with Gasteiger partial charge in [0.05, 0.1) is 12.7 Å². The number of aryl methyl sites for hydroxylation is 1. The molecule has 1 aromatic carbocycles. The third-order valence-electron chi connectivity index (χ3n) is 3.17. The molecular weight excluding hydrogens is 396 g/mol. The number of rotatable bonds is 7. The Labute approximate surface area is 154 Å². The molecule has 0 aliphatic heterocycles. The number of anilines is 1. The normalized spacial score (nSPS) is 10.3. The maximum absolute atomic E-state index is 12.2. The molecule has 2 rings (SSSR count). The Morgan fingerprint density at radius 2 is 2.08 bits per heavy atom. The second-order valence-corrected chi connectivity index (χ2v) is 6.25. The fourth-order valence-corrected chi connectivity index (χ4v) is 2.68. The van der Waals surface area contributed by atoms with Crippen molar-refractivity contribution in [3.05, 3.63) is 45.3 Å². The largest absolute Gasteiger partial charge is 0.497 e. The minimum absolute atomic E-state index is 0.151. The first-order valence-electron chi connectivity index (χ1n) is 7.36. The summed E-state index contributed by atoms with van der Waals surface area (Å²) in [5.74, 6) is 1.78. The highest BCUT2D eigenvalue weighted by Crippen LogP contribution is 2.22. The van der Waals surface area contributed by atoms with Gasteiger partial charge < -0.3 is 15.4 Å². The molecule has 0 aliphatic rings. The third-order valence-corrected chi connectivity index (χ3v) is 4.06. The zero-order valence-electron chi connectivity index (χ0n) is 13.4. The van der Waals surface area contributed by atoms with Gasteiger partial charge in [-0.2, -0.15) is 0 Å². The van der Waals surface area contributed by atoms with E-state index >= 15 is 0 Å². The molecule has 24 heavy (non-hydrogen) atoms. The molecule has 2 N–H and O–H groups in total. The SMILES string of the molecule is COc1ccc(Br)c(C(=O)NCCCNc2cc(Cl)nc(C)n2)c1. The highest BCUT2D eigenvalue weighted by molar-refractivity contribution is 9.10. The second kappa shape index (κ2) is 8.84. The fourth-order valence-electron chi connectivity index (χ4n) is 2.03. The van der Waals surface area contributed by atoms with Crippen LogP contribution in [0.1, 0.15) is 22.6 Å². The molecular formula is C16H18BrClN4O2. The lowest BCUT2D eigenvalue weighted by Crippen LogP contribution is -2.26. The first-order chi connectivity index (χ1) is 11.5. The molecule has 1 heterocycles. The number of methoxy groups -OCH3 is 1. The Morgan fingerprint density at radius 1 is 1.29 bits per heavy atom. The van der Waals surface area contributed by atoms with Crippen LogP contribution < -0.4 is 15.4 Å². The van der Waals surface area contributed by atoms with Gasteiger partial charge in [0, 0.05) is 23.6 Å². The third kappa shape index (κ3) is 5.35. The van der Waals surface area contributed by atoms with Crippen molar-refractivity contribution in [2.45, 2.75) is 13.3 Å². The van der Waals surface area contributed by atoms with Crippen LogP contribution in [0.25, 0.3) is 0 Å². The van der Waals surface area contributed by atoms with E-state index in [1.807, 2.05) is 0 Å². The number of amides is 1. The van der Waals surface area contributed by atoms with Crippen LogP contribution >= 0.6 is 27.5 Å². The summed E-state index contributed by atoms with van der Waals surface area (Å²) < 4.78 is 5.86. The number of ether oxygens (including phenoxy) is 1. The van der Waals surface area contributed by atoms with Crippen molar-refractivity contribution in [2.75, 3.05) is 25.5 Å². The highest BCUT2D eigenvalue weighted by atomic mass is 79.9. The van der Waals surface area contributed by atoms with E-state index in [0.717, 1.165) is 10.9 Å². The predicted octanol–water partition coefficient (Wildman–Crippen LogP) is 3.44. The molecule has 0 aliphatic carbocycles. The van der Waals surface area contributed by atoms with Gasteiger partial charge in [0.2, 0.25) is 0 Å². The molecule has 8 heteroatoms. The van der Waals surface area contributed by atoms with Crippen molar-refractivity contribution in [3.8, 4) is 5.75 Å². The number of carbonyl (C=O) groups excluding carboxylic acids is 1. The molecule has 0 bridgehead atoms. The molecule has 6 nitrogen and oxygen atoms in total. The monoisotopic (exact) mass is 412 g/mol. The van der Waals surface area contributed by atoms with E-state index in [1.165, 1.54) is 0 Å². The Kier molecular flexibility index (Phi) is 6.81. The number of nitrogens with zero attached hydrogens (tertiary/aromatic N) is 2. The second-order valence-electron chi connectivity index (χ2n) is 5.01. The molecule has 0 saturated carbocycles. The van der Waals surface area contributed by atoms with Gasteiger partial charge in [0.1, 0.15) is 22.5 Å². The molecule has 0 saturated heterocycles. The summed E-state index contributed by atoms with van der Waals surface area (Å²) in [6.45, 7) is 2.98. The Morgan fingerprint density at radius 3 is 2.79 bits per heavy atom. The van der Waals surface area contributed by atoms with E-state index in [2.05, 4.69) is 36.5 Å². The fraction of sp³-hybridized carbons (Fsp3) is 0.312. The lowest BCUT2D eigenvalue weighted by molar-refractivity contribution is 0.0952. The maximum Gasteiger partial charge on any atom is 0.252 e. The molecule has 1 amide bonds. The molecule has 0 fully saturated rings. The number of nitrogens with one attached hydrogen (secondary N) is 2. The van der Waals surface area contributed by atoms with Gasteiger partial charge in [-0.3, -0.25) is 4.79 Å². The minimum Gasteiger partial charge on any atom is -0.497 e. The molecule has 2 aromatic rings. The van der Waals surface area contributed by atoms with E-state index < -0.39 is 0 Å². The summed E-state index contributed by atoms with van der Waals surface area (Å²) in [4.78, 5) is 20.4. The van der Waals surface area contributed by atoms with Crippen LogP contribution in [0, 0.1) is 6.92 Å². The van der Waals surface area contributed by atoms with Crippen molar-refractivity contribution in [2.24, 2.45) is 0 Å². The Hall–Kier alpha value is -1.86. The van der Waals surface area contributed by atoms with E-state index in [4.69, 9.17) is 16.3 Å². The molecule has 0 radical (unpaired) electrons. The van der Waals surface area contributed by atoms with E-state index in [0.29, 0.717) is 41.2 Å². The molecule has 0 unspecified atom stereocenters. The number of benzene rings is 1. The van der Waals surface area contributed by atoms with Crippen molar-refractivity contribution >= 4 is 39.3 Å². The number of aromatic nitrogens is 2. The average molecular weight is 414 g/mol. The summed E-state index contributed by atoms with van der Waals surface area (Å²) in [6, 6.07) is 6.94. The van der Waals surface area contributed by atoms with Crippen molar-refractivity contribution in [1.82, 2.24) is 15.3 Å². The van der Waals surface area contributed by atoms with Crippen molar-refractivity contribution < 1.29 is 9.53 Å².